The summed E-state index contributed by atoms with van der Waals surface area (Å²) in [6, 6.07) is 2.24. The molecular weight excluding hydrogens is 354 g/mol. The van der Waals surface area contributed by atoms with Gasteiger partial charge in [-0.2, -0.15) is 0 Å². The first-order valence-electron chi connectivity index (χ1n) is 8.63. The van der Waals surface area contributed by atoms with Gasteiger partial charge < -0.3 is 25.4 Å². The van der Waals surface area contributed by atoms with E-state index in [1.807, 2.05) is 33.8 Å². The summed E-state index contributed by atoms with van der Waals surface area (Å²) in [4.78, 5) is 34.1. The van der Waals surface area contributed by atoms with Crippen LogP contribution in [0.2, 0.25) is 0 Å². The fraction of sp³-hybridized carbons (Fsp3) is 0.526. The minimum absolute atomic E-state index is 0.0395. The molecule has 4 N–H and O–H groups in total. The quantitative estimate of drug-likeness (QED) is 0.516. The number of aliphatic hydroxyl groups excluding tert-OH is 1. The van der Waals surface area contributed by atoms with Crippen LogP contribution in [0.15, 0.2) is 12.1 Å². The number of ether oxygens (including phenoxy) is 1. The van der Waals surface area contributed by atoms with E-state index >= 15 is 0 Å². The van der Waals surface area contributed by atoms with Crippen LogP contribution in [0.4, 0.5) is 4.79 Å². The first kappa shape index (κ1) is 22.4. The van der Waals surface area contributed by atoms with Crippen LogP contribution < -0.4 is 10.1 Å². The molecule has 1 atom stereocenters. The van der Waals surface area contributed by atoms with Crippen molar-refractivity contribution in [1.82, 2.24) is 5.32 Å². The standard InChI is InChI=1S/C19H27NO7/c1-11-9-12(2)16(19(3,4)7-8-21)14(10-11)27-18(26)20-13(17(24)25)5-6-15(22)23/h9-10,13,21H,5-8H2,1-4H3,(H,20,26)(H,22,23)(H,24,25)/t13-/m0/s1. The first-order chi connectivity index (χ1) is 12.5. The molecule has 1 rings (SSSR count). The molecule has 0 aliphatic carbocycles. The molecular formula is C19H27NO7. The SMILES string of the molecule is Cc1cc(C)c(C(C)(C)CCO)c(OC(=O)N[C@@H](CCC(=O)O)C(=O)O)c1. The molecule has 0 fully saturated rings. The number of carboxylic acids is 2. The lowest BCUT2D eigenvalue weighted by Crippen LogP contribution is -2.42. The third-order valence-electron chi connectivity index (χ3n) is 4.30. The van der Waals surface area contributed by atoms with Crippen molar-refractivity contribution in [2.45, 2.75) is 58.4 Å². The molecule has 0 saturated heterocycles. The molecule has 1 aromatic carbocycles. The van der Waals surface area contributed by atoms with Crippen LogP contribution in [-0.4, -0.2) is 46.0 Å². The monoisotopic (exact) mass is 381 g/mol. The van der Waals surface area contributed by atoms with Gasteiger partial charge in [0.25, 0.3) is 0 Å². The molecule has 0 unspecified atom stereocenters. The smallest absolute Gasteiger partial charge is 0.413 e. The van der Waals surface area contributed by atoms with Gasteiger partial charge in [0.05, 0.1) is 0 Å². The Labute approximate surface area is 158 Å². The van der Waals surface area contributed by atoms with E-state index in [1.165, 1.54) is 0 Å². The second-order valence-corrected chi connectivity index (χ2v) is 7.17. The molecule has 0 aromatic heterocycles. The van der Waals surface area contributed by atoms with Crippen molar-refractivity contribution in [3.63, 3.8) is 0 Å². The molecule has 0 saturated carbocycles. The normalized spacial score (nSPS) is 12.3. The molecule has 0 radical (unpaired) electrons. The van der Waals surface area contributed by atoms with Gasteiger partial charge in [0, 0.05) is 18.6 Å². The number of aryl methyl sites for hydroxylation is 2. The molecule has 0 aliphatic heterocycles. The second-order valence-electron chi connectivity index (χ2n) is 7.17. The lowest BCUT2D eigenvalue weighted by Gasteiger charge is -2.29. The van der Waals surface area contributed by atoms with E-state index in [-0.39, 0.29) is 18.8 Å². The zero-order valence-electron chi connectivity index (χ0n) is 16.0. The number of carbonyl (C=O) groups is 3. The summed E-state index contributed by atoms with van der Waals surface area (Å²) >= 11 is 0. The van der Waals surface area contributed by atoms with Gasteiger partial charge in [0.2, 0.25) is 0 Å². The molecule has 27 heavy (non-hydrogen) atoms. The van der Waals surface area contributed by atoms with Crippen molar-refractivity contribution >= 4 is 18.0 Å². The van der Waals surface area contributed by atoms with Gasteiger partial charge in [-0.05, 0) is 49.3 Å². The van der Waals surface area contributed by atoms with E-state index in [9.17, 15) is 19.5 Å². The number of aliphatic hydroxyl groups is 1. The number of carboxylic acid groups (broad SMARTS) is 2. The van der Waals surface area contributed by atoms with Crippen LogP contribution in [0.1, 0.15) is 49.8 Å². The molecule has 0 bridgehead atoms. The maximum absolute atomic E-state index is 12.2. The minimum Gasteiger partial charge on any atom is -0.481 e. The van der Waals surface area contributed by atoms with E-state index in [1.54, 1.807) is 6.07 Å². The van der Waals surface area contributed by atoms with Gasteiger partial charge in [-0.15, -0.1) is 0 Å². The van der Waals surface area contributed by atoms with E-state index in [0.29, 0.717) is 6.42 Å². The van der Waals surface area contributed by atoms with E-state index in [4.69, 9.17) is 14.9 Å². The summed E-state index contributed by atoms with van der Waals surface area (Å²) < 4.78 is 5.38. The largest absolute Gasteiger partial charge is 0.481 e. The lowest BCUT2D eigenvalue weighted by molar-refractivity contribution is -0.140. The molecule has 1 amide bonds. The van der Waals surface area contributed by atoms with Crippen LogP contribution in [-0.2, 0) is 15.0 Å². The average Bonchev–Trinajstić information content (AvgIpc) is 2.49. The Kier molecular flexibility index (Phi) is 7.78. The predicted molar refractivity (Wildman–Crippen MR) is 98.1 cm³/mol. The fourth-order valence-corrected chi connectivity index (χ4v) is 3.08. The molecule has 150 valence electrons. The highest BCUT2D eigenvalue weighted by Crippen LogP contribution is 2.37. The van der Waals surface area contributed by atoms with Gasteiger partial charge in [-0.25, -0.2) is 9.59 Å². The summed E-state index contributed by atoms with van der Waals surface area (Å²) in [7, 11) is 0. The number of hydrogen-bond donors (Lipinski definition) is 4. The third-order valence-corrected chi connectivity index (χ3v) is 4.30. The number of benzene rings is 1. The Hall–Kier alpha value is -2.61. The van der Waals surface area contributed by atoms with Gasteiger partial charge in [-0.3, -0.25) is 4.79 Å². The number of aliphatic carboxylic acids is 2. The van der Waals surface area contributed by atoms with Gasteiger partial charge in [0.15, 0.2) is 0 Å². The molecule has 1 aromatic rings. The number of rotatable bonds is 9. The zero-order valence-corrected chi connectivity index (χ0v) is 16.0. The van der Waals surface area contributed by atoms with Crippen LogP contribution in [0.25, 0.3) is 0 Å². The van der Waals surface area contributed by atoms with E-state index in [2.05, 4.69) is 5.32 Å². The number of hydrogen-bond acceptors (Lipinski definition) is 5. The minimum atomic E-state index is -1.37. The molecule has 0 heterocycles. The van der Waals surface area contributed by atoms with Crippen molar-refractivity contribution in [2.24, 2.45) is 0 Å². The van der Waals surface area contributed by atoms with Gasteiger partial charge in [-0.1, -0.05) is 19.9 Å². The number of amides is 1. The second kappa shape index (κ2) is 9.36. The highest BCUT2D eigenvalue weighted by atomic mass is 16.6. The Morgan fingerprint density at radius 2 is 1.81 bits per heavy atom. The van der Waals surface area contributed by atoms with Crippen molar-refractivity contribution in [2.75, 3.05) is 6.61 Å². The average molecular weight is 381 g/mol. The zero-order chi connectivity index (χ0) is 20.8. The van der Waals surface area contributed by atoms with Gasteiger partial charge >= 0.3 is 18.0 Å². The summed E-state index contributed by atoms with van der Waals surface area (Å²) in [6.45, 7) is 7.51. The topological polar surface area (TPSA) is 133 Å². The molecule has 8 heteroatoms. The Bertz CT molecular complexity index is 712. The summed E-state index contributed by atoms with van der Waals surface area (Å²) in [6.07, 6.45) is -1.17. The summed E-state index contributed by atoms with van der Waals surface area (Å²) in [5, 5.41) is 29.4. The highest BCUT2D eigenvalue weighted by Gasteiger charge is 2.28. The van der Waals surface area contributed by atoms with Crippen LogP contribution in [0.3, 0.4) is 0 Å². The predicted octanol–water partition coefficient (Wildman–Crippen LogP) is 2.37. The van der Waals surface area contributed by atoms with Crippen molar-refractivity contribution in [3.8, 4) is 5.75 Å². The van der Waals surface area contributed by atoms with Crippen LogP contribution >= 0.6 is 0 Å². The van der Waals surface area contributed by atoms with Crippen molar-refractivity contribution < 1.29 is 34.4 Å². The summed E-state index contributed by atoms with van der Waals surface area (Å²) in [5.41, 5.74) is 2.02. The highest BCUT2D eigenvalue weighted by molar-refractivity contribution is 5.81. The number of carbonyl (C=O) groups excluding carboxylic acids is 1. The van der Waals surface area contributed by atoms with Crippen molar-refractivity contribution in [1.29, 1.82) is 0 Å². The molecule has 0 aliphatic rings. The summed E-state index contributed by atoms with van der Waals surface area (Å²) in [5.74, 6) is -2.21. The molecule has 0 spiro atoms. The third kappa shape index (κ3) is 6.56. The Morgan fingerprint density at radius 1 is 1.19 bits per heavy atom. The van der Waals surface area contributed by atoms with E-state index in [0.717, 1.165) is 16.7 Å². The maximum atomic E-state index is 12.2. The van der Waals surface area contributed by atoms with Crippen LogP contribution in [0.5, 0.6) is 5.75 Å². The van der Waals surface area contributed by atoms with Crippen molar-refractivity contribution in [3.05, 3.63) is 28.8 Å². The molecule has 8 nitrogen and oxygen atoms in total. The first-order valence-corrected chi connectivity index (χ1v) is 8.63. The van der Waals surface area contributed by atoms with E-state index < -0.39 is 35.9 Å². The maximum Gasteiger partial charge on any atom is 0.413 e. The number of nitrogens with one attached hydrogen (secondary N) is 1. The van der Waals surface area contributed by atoms with Gasteiger partial charge in [0.1, 0.15) is 11.8 Å². The van der Waals surface area contributed by atoms with Crippen LogP contribution in [0, 0.1) is 13.8 Å². The Morgan fingerprint density at radius 3 is 2.33 bits per heavy atom. The fourth-order valence-electron chi connectivity index (χ4n) is 3.08. The Balaban J connectivity index is 3.07. The lowest BCUT2D eigenvalue weighted by atomic mass is 9.78.